The normalized spacial score (nSPS) is 10.7. The SMILES string of the molecule is CCN(CC)c1ccc(C(=O)NNC(=O)/C=C/c2ccc(C)s2)cc1. The molecule has 0 saturated carbocycles. The van der Waals surface area contributed by atoms with E-state index in [0.29, 0.717) is 5.56 Å². The highest BCUT2D eigenvalue weighted by Gasteiger charge is 2.07. The molecule has 5 nitrogen and oxygen atoms in total. The van der Waals surface area contributed by atoms with Crippen LogP contribution in [0.5, 0.6) is 0 Å². The molecule has 0 unspecified atom stereocenters. The smallest absolute Gasteiger partial charge is 0.269 e. The number of carbonyl (C=O) groups is 2. The van der Waals surface area contributed by atoms with Gasteiger partial charge in [0.05, 0.1) is 0 Å². The molecular formula is C19H23N3O2S. The molecule has 6 heteroatoms. The number of aryl methyl sites for hydroxylation is 1. The van der Waals surface area contributed by atoms with Gasteiger partial charge in [0.15, 0.2) is 0 Å². The van der Waals surface area contributed by atoms with Gasteiger partial charge in [-0.05, 0) is 63.2 Å². The van der Waals surface area contributed by atoms with Gasteiger partial charge in [-0.15, -0.1) is 11.3 Å². The minimum absolute atomic E-state index is 0.347. The number of anilines is 1. The summed E-state index contributed by atoms with van der Waals surface area (Å²) in [4.78, 5) is 28.2. The van der Waals surface area contributed by atoms with Gasteiger partial charge < -0.3 is 4.90 Å². The second kappa shape index (κ2) is 9.03. The number of thiophene rings is 1. The number of benzene rings is 1. The van der Waals surface area contributed by atoms with Gasteiger partial charge in [-0.3, -0.25) is 20.4 Å². The van der Waals surface area contributed by atoms with Crippen molar-refractivity contribution < 1.29 is 9.59 Å². The maximum absolute atomic E-state index is 12.1. The Hall–Kier alpha value is -2.60. The van der Waals surface area contributed by atoms with Crippen LogP contribution in [0.4, 0.5) is 5.69 Å². The maximum atomic E-state index is 12.1. The third kappa shape index (κ3) is 5.46. The lowest BCUT2D eigenvalue weighted by Crippen LogP contribution is -2.40. The predicted molar refractivity (Wildman–Crippen MR) is 104 cm³/mol. The molecule has 0 spiro atoms. The molecule has 1 heterocycles. The van der Waals surface area contributed by atoms with E-state index in [9.17, 15) is 9.59 Å². The van der Waals surface area contributed by atoms with Crippen molar-refractivity contribution in [3.63, 3.8) is 0 Å². The lowest BCUT2D eigenvalue weighted by Gasteiger charge is -2.21. The fraction of sp³-hybridized carbons (Fsp3) is 0.263. The number of nitrogens with one attached hydrogen (secondary N) is 2. The molecular weight excluding hydrogens is 334 g/mol. The molecule has 0 aliphatic rings. The molecule has 132 valence electrons. The van der Waals surface area contributed by atoms with E-state index in [1.165, 1.54) is 11.0 Å². The summed E-state index contributed by atoms with van der Waals surface area (Å²) in [6.07, 6.45) is 3.12. The summed E-state index contributed by atoms with van der Waals surface area (Å²) in [5, 5.41) is 0. The number of carbonyl (C=O) groups excluding carboxylic acids is 2. The zero-order chi connectivity index (χ0) is 18.2. The minimum Gasteiger partial charge on any atom is -0.372 e. The van der Waals surface area contributed by atoms with Gasteiger partial charge in [-0.1, -0.05) is 0 Å². The zero-order valence-electron chi connectivity index (χ0n) is 14.7. The monoisotopic (exact) mass is 357 g/mol. The van der Waals surface area contributed by atoms with Crippen molar-refractivity contribution in [2.75, 3.05) is 18.0 Å². The van der Waals surface area contributed by atoms with Crippen molar-refractivity contribution in [1.82, 2.24) is 10.9 Å². The Bertz CT molecular complexity index is 746. The first-order valence-corrected chi connectivity index (χ1v) is 9.05. The minimum atomic E-state index is -0.376. The van der Waals surface area contributed by atoms with Crippen LogP contribution in [-0.4, -0.2) is 24.9 Å². The van der Waals surface area contributed by atoms with Crippen molar-refractivity contribution >= 4 is 34.9 Å². The Morgan fingerprint density at radius 1 is 1.04 bits per heavy atom. The highest BCUT2D eigenvalue weighted by atomic mass is 32.1. The second-order valence-corrected chi connectivity index (χ2v) is 6.76. The summed E-state index contributed by atoms with van der Waals surface area (Å²) in [6, 6.07) is 11.2. The number of rotatable bonds is 6. The molecule has 0 atom stereocenters. The Labute approximate surface area is 152 Å². The average Bonchev–Trinajstić information content (AvgIpc) is 3.05. The Morgan fingerprint density at radius 2 is 1.72 bits per heavy atom. The van der Waals surface area contributed by atoms with E-state index >= 15 is 0 Å². The van der Waals surface area contributed by atoms with Gasteiger partial charge in [0, 0.05) is 40.2 Å². The van der Waals surface area contributed by atoms with Crippen LogP contribution in [0.2, 0.25) is 0 Å². The molecule has 25 heavy (non-hydrogen) atoms. The van der Waals surface area contributed by atoms with Crippen LogP contribution in [0.25, 0.3) is 6.08 Å². The van der Waals surface area contributed by atoms with Crippen LogP contribution in [-0.2, 0) is 4.79 Å². The van der Waals surface area contributed by atoms with E-state index in [1.54, 1.807) is 29.5 Å². The molecule has 0 radical (unpaired) electrons. The summed E-state index contributed by atoms with van der Waals surface area (Å²) in [6.45, 7) is 8.01. The van der Waals surface area contributed by atoms with Crippen LogP contribution in [0.15, 0.2) is 42.5 Å². The molecule has 0 aliphatic heterocycles. The number of amides is 2. The van der Waals surface area contributed by atoms with Crippen molar-refractivity contribution in [3.05, 3.63) is 57.8 Å². The van der Waals surface area contributed by atoms with Gasteiger partial charge in [-0.25, -0.2) is 0 Å². The van der Waals surface area contributed by atoms with Gasteiger partial charge >= 0.3 is 0 Å². The Balaban J connectivity index is 1.87. The molecule has 0 bridgehead atoms. The third-order valence-electron chi connectivity index (χ3n) is 3.72. The van der Waals surface area contributed by atoms with Crippen molar-refractivity contribution in [2.45, 2.75) is 20.8 Å². The first-order valence-electron chi connectivity index (χ1n) is 8.23. The standard InChI is InChI=1S/C19H23N3O2S/c1-4-22(5-2)16-9-7-15(8-10-16)19(24)21-20-18(23)13-12-17-11-6-14(3)25-17/h6-13H,4-5H2,1-3H3,(H,20,23)(H,21,24)/b13-12+. The van der Waals surface area contributed by atoms with Crippen molar-refractivity contribution in [2.24, 2.45) is 0 Å². The number of hydrogen-bond acceptors (Lipinski definition) is 4. The largest absolute Gasteiger partial charge is 0.372 e. The van der Waals surface area contributed by atoms with Crippen LogP contribution >= 0.6 is 11.3 Å². The summed E-state index contributed by atoms with van der Waals surface area (Å²) in [5.41, 5.74) is 6.37. The van der Waals surface area contributed by atoms with Crippen LogP contribution in [0.3, 0.4) is 0 Å². The average molecular weight is 357 g/mol. The Morgan fingerprint density at radius 3 is 2.28 bits per heavy atom. The van der Waals surface area contributed by atoms with Crippen molar-refractivity contribution in [1.29, 1.82) is 0 Å². The number of hydrogen-bond donors (Lipinski definition) is 2. The van der Waals surface area contributed by atoms with Gasteiger partial charge in [0.2, 0.25) is 0 Å². The predicted octanol–water partition coefficient (Wildman–Crippen LogP) is 3.38. The first kappa shape index (κ1) is 18.7. The zero-order valence-corrected chi connectivity index (χ0v) is 15.5. The topological polar surface area (TPSA) is 61.4 Å². The van der Waals surface area contributed by atoms with Crippen LogP contribution in [0.1, 0.15) is 34.0 Å². The fourth-order valence-electron chi connectivity index (χ4n) is 2.35. The molecule has 1 aromatic carbocycles. The van der Waals surface area contributed by atoms with Crippen LogP contribution in [0, 0.1) is 6.92 Å². The van der Waals surface area contributed by atoms with E-state index in [0.717, 1.165) is 23.7 Å². The van der Waals surface area contributed by atoms with Gasteiger partial charge in [0.25, 0.3) is 11.8 Å². The molecule has 2 aromatic rings. The van der Waals surface area contributed by atoms with Gasteiger partial charge in [-0.2, -0.15) is 0 Å². The molecule has 0 saturated heterocycles. The molecule has 2 amide bonds. The summed E-state index contributed by atoms with van der Waals surface area (Å²) < 4.78 is 0. The van der Waals surface area contributed by atoms with Crippen molar-refractivity contribution in [3.8, 4) is 0 Å². The molecule has 2 N–H and O–H groups in total. The number of nitrogens with zero attached hydrogens (tertiary/aromatic N) is 1. The molecule has 0 aliphatic carbocycles. The van der Waals surface area contributed by atoms with E-state index in [4.69, 9.17) is 0 Å². The van der Waals surface area contributed by atoms with Gasteiger partial charge in [0.1, 0.15) is 0 Å². The fourth-order valence-corrected chi connectivity index (χ4v) is 3.13. The summed E-state index contributed by atoms with van der Waals surface area (Å²) >= 11 is 1.60. The van der Waals surface area contributed by atoms with E-state index < -0.39 is 0 Å². The quantitative estimate of drug-likeness (QED) is 0.615. The summed E-state index contributed by atoms with van der Waals surface area (Å²) in [5.74, 6) is -0.723. The van der Waals surface area contributed by atoms with E-state index in [-0.39, 0.29) is 11.8 Å². The maximum Gasteiger partial charge on any atom is 0.269 e. The highest BCUT2D eigenvalue weighted by Crippen LogP contribution is 2.16. The first-order chi connectivity index (χ1) is 12.0. The number of hydrazine groups is 1. The highest BCUT2D eigenvalue weighted by molar-refractivity contribution is 7.12. The second-order valence-electron chi connectivity index (χ2n) is 5.44. The lowest BCUT2D eigenvalue weighted by molar-refractivity contribution is -0.117. The molecule has 0 fully saturated rings. The Kier molecular flexibility index (Phi) is 6.77. The summed E-state index contributed by atoms with van der Waals surface area (Å²) in [7, 11) is 0. The van der Waals surface area contributed by atoms with E-state index in [1.807, 2.05) is 31.2 Å². The lowest BCUT2D eigenvalue weighted by atomic mass is 10.2. The van der Waals surface area contributed by atoms with Crippen LogP contribution < -0.4 is 15.8 Å². The van der Waals surface area contributed by atoms with E-state index in [2.05, 4.69) is 29.6 Å². The molecule has 1 aromatic heterocycles. The third-order valence-corrected chi connectivity index (χ3v) is 4.68. The molecule has 2 rings (SSSR count).